The predicted molar refractivity (Wildman–Crippen MR) is 58.9 cm³/mol. The van der Waals surface area contributed by atoms with E-state index in [1.165, 1.54) is 11.1 Å². The fourth-order valence-electron chi connectivity index (χ4n) is 1.21. The Morgan fingerprint density at radius 2 is 1.50 bits per heavy atom. The van der Waals surface area contributed by atoms with Gasteiger partial charge in [-0.05, 0) is 25.0 Å². The lowest BCUT2D eigenvalue weighted by Gasteiger charge is -2.17. The molecule has 0 N–H and O–H groups in total. The summed E-state index contributed by atoms with van der Waals surface area (Å²) in [5, 5.41) is 1.56. The molecule has 0 saturated heterocycles. The molecule has 0 aliphatic heterocycles. The number of aryl methyl sites for hydroxylation is 2. The monoisotopic (exact) mass is 178 g/mol. The van der Waals surface area contributed by atoms with Crippen LogP contribution in [0.15, 0.2) is 18.2 Å². The Bertz CT molecular complexity index is 282. The van der Waals surface area contributed by atoms with Crippen molar-refractivity contribution < 1.29 is 0 Å². The zero-order chi connectivity index (χ0) is 9.35. The molecule has 0 unspecified atom stereocenters. The van der Waals surface area contributed by atoms with Gasteiger partial charge in [0.15, 0.2) is 0 Å². The summed E-state index contributed by atoms with van der Waals surface area (Å²) in [4.78, 5) is 0. The summed E-state index contributed by atoms with van der Waals surface area (Å²) < 4.78 is 0. The number of hydrogen-bond donors (Lipinski definition) is 0. The van der Waals surface area contributed by atoms with Crippen LogP contribution in [0, 0.1) is 13.8 Å². The summed E-state index contributed by atoms with van der Waals surface area (Å²) in [6.45, 7) is 11.5. The van der Waals surface area contributed by atoms with Gasteiger partial charge in [-0.15, -0.1) is 0 Å². The Labute approximate surface area is 76.6 Å². The van der Waals surface area contributed by atoms with Gasteiger partial charge in [0.05, 0.1) is 8.07 Å². The van der Waals surface area contributed by atoms with E-state index < -0.39 is 8.07 Å². The lowest BCUT2D eigenvalue weighted by Crippen LogP contribution is -2.37. The highest BCUT2D eigenvalue weighted by atomic mass is 28.3. The maximum Gasteiger partial charge on any atom is 0.0776 e. The molecule has 0 fully saturated rings. The quantitative estimate of drug-likeness (QED) is 0.580. The molecule has 1 aromatic rings. The van der Waals surface area contributed by atoms with Crippen LogP contribution >= 0.6 is 0 Å². The van der Waals surface area contributed by atoms with Crippen molar-refractivity contribution in [3.8, 4) is 0 Å². The molecule has 1 aromatic carbocycles. The van der Waals surface area contributed by atoms with Crippen LogP contribution in [0.1, 0.15) is 11.1 Å². The van der Waals surface area contributed by atoms with Crippen LogP contribution in [0.25, 0.3) is 0 Å². The Hall–Kier alpha value is -0.563. The molecular weight excluding hydrogens is 160 g/mol. The molecule has 0 spiro atoms. The standard InChI is InChI=1S/C11H18Si/c1-9-6-7-11(8-10(9)2)12(3,4)5/h6-8H,1-5H3. The van der Waals surface area contributed by atoms with Gasteiger partial charge in [-0.2, -0.15) is 0 Å². The summed E-state index contributed by atoms with van der Waals surface area (Å²) in [7, 11) is -1.09. The van der Waals surface area contributed by atoms with Gasteiger partial charge in [0.1, 0.15) is 0 Å². The molecule has 1 rings (SSSR count). The molecule has 1 heteroatoms. The summed E-state index contributed by atoms with van der Waals surface area (Å²) in [5.74, 6) is 0. The molecule has 0 aromatic heterocycles. The normalized spacial score (nSPS) is 11.8. The Morgan fingerprint density at radius 3 is 1.92 bits per heavy atom. The minimum Gasteiger partial charge on any atom is -0.0656 e. The molecule has 66 valence electrons. The van der Waals surface area contributed by atoms with Crippen LogP contribution in [0.3, 0.4) is 0 Å². The Kier molecular flexibility index (Phi) is 2.43. The Balaban J connectivity index is 3.14. The highest BCUT2D eigenvalue weighted by Crippen LogP contribution is 2.08. The van der Waals surface area contributed by atoms with Crippen molar-refractivity contribution in [3.63, 3.8) is 0 Å². The molecular formula is C11H18Si. The third-order valence-electron chi connectivity index (χ3n) is 2.37. The molecule has 0 atom stereocenters. The minimum atomic E-state index is -1.09. The maximum absolute atomic E-state index is 2.39. The van der Waals surface area contributed by atoms with Gasteiger partial charge in [-0.1, -0.05) is 43.0 Å². The first kappa shape index (κ1) is 9.52. The third-order valence-corrected chi connectivity index (χ3v) is 4.42. The average molecular weight is 178 g/mol. The van der Waals surface area contributed by atoms with Crippen molar-refractivity contribution in [3.05, 3.63) is 29.3 Å². The van der Waals surface area contributed by atoms with Crippen LogP contribution in [0.2, 0.25) is 19.6 Å². The van der Waals surface area contributed by atoms with Crippen molar-refractivity contribution in [2.75, 3.05) is 0 Å². The Morgan fingerprint density at radius 1 is 0.917 bits per heavy atom. The first-order valence-corrected chi connectivity index (χ1v) is 7.99. The van der Waals surface area contributed by atoms with E-state index in [-0.39, 0.29) is 0 Å². The summed E-state index contributed by atoms with van der Waals surface area (Å²) in [6.07, 6.45) is 0. The van der Waals surface area contributed by atoms with Crippen molar-refractivity contribution in [2.45, 2.75) is 33.5 Å². The molecule has 0 bridgehead atoms. The number of benzene rings is 1. The number of rotatable bonds is 1. The van der Waals surface area contributed by atoms with E-state index in [1.54, 1.807) is 5.19 Å². The van der Waals surface area contributed by atoms with E-state index in [4.69, 9.17) is 0 Å². The second-order valence-electron chi connectivity index (χ2n) is 4.55. The van der Waals surface area contributed by atoms with Gasteiger partial charge < -0.3 is 0 Å². The van der Waals surface area contributed by atoms with Crippen LogP contribution in [-0.2, 0) is 0 Å². The van der Waals surface area contributed by atoms with E-state index in [2.05, 4.69) is 51.7 Å². The molecule has 0 nitrogen and oxygen atoms in total. The zero-order valence-electron chi connectivity index (χ0n) is 8.73. The molecule has 12 heavy (non-hydrogen) atoms. The molecule has 0 aliphatic carbocycles. The van der Waals surface area contributed by atoms with Crippen LogP contribution < -0.4 is 5.19 Å². The van der Waals surface area contributed by atoms with Gasteiger partial charge in [0.25, 0.3) is 0 Å². The van der Waals surface area contributed by atoms with Crippen LogP contribution in [-0.4, -0.2) is 8.07 Å². The molecule has 0 aliphatic rings. The first-order chi connectivity index (χ1) is 5.41. The van der Waals surface area contributed by atoms with Gasteiger partial charge in [0, 0.05) is 0 Å². The van der Waals surface area contributed by atoms with Crippen LogP contribution in [0.5, 0.6) is 0 Å². The van der Waals surface area contributed by atoms with Crippen molar-refractivity contribution in [1.82, 2.24) is 0 Å². The first-order valence-electron chi connectivity index (χ1n) is 4.49. The summed E-state index contributed by atoms with van der Waals surface area (Å²) >= 11 is 0. The van der Waals surface area contributed by atoms with Gasteiger partial charge in [0.2, 0.25) is 0 Å². The van der Waals surface area contributed by atoms with E-state index in [0.29, 0.717) is 0 Å². The smallest absolute Gasteiger partial charge is 0.0656 e. The minimum absolute atomic E-state index is 1.09. The lowest BCUT2D eigenvalue weighted by molar-refractivity contribution is 1.35. The van der Waals surface area contributed by atoms with Gasteiger partial charge >= 0.3 is 0 Å². The fourth-order valence-corrected chi connectivity index (χ4v) is 2.44. The van der Waals surface area contributed by atoms with E-state index in [0.717, 1.165) is 0 Å². The maximum atomic E-state index is 2.39. The van der Waals surface area contributed by atoms with E-state index in [9.17, 15) is 0 Å². The largest absolute Gasteiger partial charge is 0.0776 e. The molecule has 0 amide bonds. The SMILES string of the molecule is Cc1ccc([Si](C)(C)C)cc1C. The second-order valence-corrected chi connectivity index (χ2v) is 9.63. The molecule has 0 radical (unpaired) electrons. The lowest BCUT2D eigenvalue weighted by atomic mass is 10.1. The predicted octanol–water partition coefficient (Wildman–Crippen LogP) is 2.85. The number of hydrogen-bond acceptors (Lipinski definition) is 0. The topological polar surface area (TPSA) is 0 Å². The molecule has 0 saturated carbocycles. The van der Waals surface area contributed by atoms with Crippen LogP contribution in [0.4, 0.5) is 0 Å². The van der Waals surface area contributed by atoms with Gasteiger partial charge in [-0.25, -0.2) is 0 Å². The molecule has 0 heterocycles. The van der Waals surface area contributed by atoms with E-state index in [1.807, 2.05) is 0 Å². The van der Waals surface area contributed by atoms with Crippen molar-refractivity contribution >= 4 is 13.3 Å². The van der Waals surface area contributed by atoms with Crippen molar-refractivity contribution in [1.29, 1.82) is 0 Å². The highest BCUT2D eigenvalue weighted by Gasteiger charge is 2.15. The van der Waals surface area contributed by atoms with Crippen molar-refractivity contribution in [2.24, 2.45) is 0 Å². The van der Waals surface area contributed by atoms with E-state index >= 15 is 0 Å². The fraction of sp³-hybridized carbons (Fsp3) is 0.455. The summed E-state index contributed by atoms with van der Waals surface area (Å²) in [5.41, 5.74) is 2.83. The highest BCUT2D eigenvalue weighted by molar-refractivity contribution is 6.88. The average Bonchev–Trinajstić information content (AvgIpc) is 1.92. The second kappa shape index (κ2) is 3.06. The third kappa shape index (κ3) is 1.98. The summed E-state index contributed by atoms with van der Waals surface area (Å²) in [6, 6.07) is 6.87. The zero-order valence-corrected chi connectivity index (χ0v) is 9.73. The van der Waals surface area contributed by atoms with Gasteiger partial charge in [-0.3, -0.25) is 0 Å².